The van der Waals surface area contributed by atoms with E-state index in [1.54, 1.807) is 35.0 Å². The first kappa shape index (κ1) is 27.6. The Bertz CT molecular complexity index is 1210. The molecule has 0 spiro atoms. The van der Waals surface area contributed by atoms with Crippen LogP contribution in [0.2, 0.25) is 0 Å². The Balaban J connectivity index is 0.000000786. The van der Waals surface area contributed by atoms with Gasteiger partial charge in [-0.15, -0.1) is 0 Å². The third-order valence-electron chi connectivity index (χ3n) is 6.96. The predicted molar refractivity (Wildman–Crippen MR) is 136 cm³/mol. The molecule has 0 unspecified atom stereocenters. The molecule has 206 valence electrons. The zero-order valence-electron chi connectivity index (χ0n) is 21.5. The topological polar surface area (TPSA) is 107 Å². The van der Waals surface area contributed by atoms with Crippen LogP contribution in [0.3, 0.4) is 0 Å². The van der Waals surface area contributed by atoms with Crippen LogP contribution in [-0.2, 0) is 23.0 Å². The van der Waals surface area contributed by atoms with Crippen molar-refractivity contribution in [3.8, 4) is 11.1 Å². The number of nitrogens with zero attached hydrogens (tertiary/aromatic N) is 4. The van der Waals surface area contributed by atoms with Crippen LogP contribution in [0, 0.1) is 11.2 Å². The maximum absolute atomic E-state index is 15.2. The quantitative estimate of drug-likeness (QED) is 0.411. The van der Waals surface area contributed by atoms with Crippen LogP contribution in [0.15, 0.2) is 35.8 Å². The zero-order chi connectivity index (χ0) is 27.4. The second-order valence-electron chi connectivity index (χ2n) is 9.60. The van der Waals surface area contributed by atoms with Gasteiger partial charge < -0.3 is 25.0 Å². The van der Waals surface area contributed by atoms with Crippen LogP contribution in [0.5, 0.6) is 0 Å². The number of aromatic nitrogens is 2. The average Bonchev–Trinajstić information content (AvgIpc) is 3.54. The normalized spacial score (nSPS) is 19.3. The highest BCUT2D eigenvalue weighted by Gasteiger charge is 2.31. The molecule has 0 saturated carbocycles. The second-order valence-corrected chi connectivity index (χ2v) is 9.60. The summed E-state index contributed by atoms with van der Waals surface area (Å²) in [4.78, 5) is 15.8. The molecule has 1 fully saturated rings. The summed E-state index contributed by atoms with van der Waals surface area (Å²) in [7, 11) is 1.81. The number of halogens is 3. The van der Waals surface area contributed by atoms with Crippen molar-refractivity contribution in [1.82, 2.24) is 20.0 Å². The van der Waals surface area contributed by atoms with E-state index >= 15 is 4.39 Å². The minimum absolute atomic E-state index is 0.000231. The lowest BCUT2D eigenvalue weighted by molar-refractivity contribution is -0.128. The number of nitrogens with one attached hydrogen (secondary N) is 2. The Morgan fingerprint density at radius 3 is 2.68 bits per heavy atom. The number of aliphatic hydroxyl groups excluding tert-OH is 1. The lowest BCUT2D eigenvalue weighted by Crippen LogP contribution is -2.46. The van der Waals surface area contributed by atoms with Crippen molar-refractivity contribution in [2.75, 3.05) is 37.7 Å². The number of anilines is 1. The number of hydrogen-bond acceptors (Lipinski definition) is 6. The van der Waals surface area contributed by atoms with Crippen LogP contribution in [-0.4, -0.2) is 77.0 Å². The highest BCUT2D eigenvalue weighted by atomic mass is 19.3. The summed E-state index contributed by atoms with van der Waals surface area (Å²) in [6.45, 7) is 1.43. The van der Waals surface area contributed by atoms with Crippen molar-refractivity contribution < 1.29 is 27.8 Å². The number of aliphatic hydroxyl groups is 1. The smallest absolute Gasteiger partial charge is 0.342 e. The van der Waals surface area contributed by atoms with Crippen molar-refractivity contribution in [1.29, 1.82) is 5.41 Å². The van der Waals surface area contributed by atoms with Crippen molar-refractivity contribution in [3.05, 3.63) is 47.2 Å². The van der Waals surface area contributed by atoms with Crippen LogP contribution in [0.25, 0.3) is 11.1 Å². The lowest BCUT2D eigenvalue weighted by atomic mass is 9.95. The fourth-order valence-electron chi connectivity index (χ4n) is 5.09. The Kier molecular flexibility index (Phi) is 8.72. The van der Waals surface area contributed by atoms with Gasteiger partial charge in [-0.25, -0.2) is 4.39 Å². The third kappa shape index (κ3) is 6.36. The van der Waals surface area contributed by atoms with Gasteiger partial charge in [-0.2, -0.15) is 13.9 Å². The highest BCUT2D eigenvalue weighted by molar-refractivity contribution is 6.09. The second kappa shape index (κ2) is 12.0. The summed E-state index contributed by atoms with van der Waals surface area (Å²) in [5, 5.41) is 23.6. The van der Waals surface area contributed by atoms with Gasteiger partial charge in [0, 0.05) is 74.4 Å². The van der Waals surface area contributed by atoms with E-state index in [-0.39, 0.29) is 17.8 Å². The number of amidine groups is 1. The van der Waals surface area contributed by atoms with Gasteiger partial charge in [-0.3, -0.25) is 14.9 Å². The van der Waals surface area contributed by atoms with E-state index in [9.17, 15) is 13.6 Å². The van der Waals surface area contributed by atoms with Crippen molar-refractivity contribution in [2.24, 2.45) is 7.05 Å². The third-order valence-corrected chi connectivity index (χ3v) is 6.96. The molecule has 2 aromatic rings. The van der Waals surface area contributed by atoms with Crippen molar-refractivity contribution in [3.63, 3.8) is 0 Å². The van der Waals surface area contributed by atoms with Gasteiger partial charge in [0.05, 0.1) is 25.4 Å². The maximum Gasteiger partial charge on any atom is 0.342 e. The fourth-order valence-corrected chi connectivity index (χ4v) is 5.09. The number of hydrogen-bond donors (Lipinski definition) is 3. The van der Waals surface area contributed by atoms with Gasteiger partial charge in [-0.05, 0) is 37.0 Å². The Hall–Kier alpha value is -3.38. The summed E-state index contributed by atoms with van der Waals surface area (Å²) < 4.78 is 42.2. The first-order valence-electron chi connectivity index (χ1n) is 12.6. The number of ether oxygens (including phenoxy) is 1. The molecule has 5 rings (SSSR count). The summed E-state index contributed by atoms with van der Waals surface area (Å²) in [6.07, 6.45) is 6.77. The van der Waals surface area contributed by atoms with Gasteiger partial charge in [0.25, 0.3) is 0 Å². The number of benzene rings is 1. The van der Waals surface area contributed by atoms with Gasteiger partial charge in [0.2, 0.25) is 5.91 Å². The monoisotopic (exact) mass is 534 g/mol. The molecule has 1 aromatic heterocycles. The molecule has 9 nitrogen and oxygen atoms in total. The molecular formula is C26H33F3N6O3. The standard InChI is InChI=1S/C25H31FN6O2.CH2F2O/c1-16(33)31-8-5-23(29-19-6-9-34-15-19)21(14-31)25(27)32-7-3-4-17-10-20(22(26)11-24(17)32)18-12-28-30(2)13-18;2-1(3)4/h10-13,19,27,29H,3-9,14-15H2,1-2H3;1,4H/t19-;/m0./s1. The summed E-state index contributed by atoms with van der Waals surface area (Å²) in [5.74, 6) is 0.0116. The largest absolute Gasteiger partial charge is 0.383 e. The highest BCUT2D eigenvalue weighted by Crippen LogP contribution is 2.35. The van der Waals surface area contributed by atoms with Gasteiger partial charge in [0.1, 0.15) is 11.7 Å². The molecule has 3 aliphatic heterocycles. The number of amides is 1. The summed E-state index contributed by atoms with van der Waals surface area (Å²) >= 11 is 0. The molecule has 0 radical (unpaired) electrons. The van der Waals surface area contributed by atoms with Crippen LogP contribution in [0.1, 0.15) is 31.7 Å². The van der Waals surface area contributed by atoms with E-state index in [4.69, 9.17) is 15.3 Å². The fraction of sp³-hybridized carbons (Fsp3) is 0.500. The van der Waals surface area contributed by atoms with E-state index in [1.165, 1.54) is 0 Å². The molecule has 0 aliphatic carbocycles. The lowest BCUT2D eigenvalue weighted by Gasteiger charge is -2.37. The SMILES string of the molecule is CC(=O)N1CCC(N[C@H]2CCOC2)=C(C(=N)N2CCCc3cc(-c4cnn(C)c4)c(F)cc32)C1.OC(F)F. The Morgan fingerprint density at radius 1 is 1.29 bits per heavy atom. The number of carbonyl (C=O) groups excluding carboxylic acids is 1. The first-order valence-corrected chi connectivity index (χ1v) is 12.6. The number of aryl methyl sites for hydroxylation is 2. The molecule has 4 heterocycles. The van der Waals surface area contributed by atoms with Crippen molar-refractivity contribution >= 4 is 17.4 Å². The minimum atomic E-state index is -3.17. The molecule has 1 aromatic carbocycles. The maximum atomic E-state index is 15.2. The molecule has 3 aliphatic rings. The Labute approximate surface area is 219 Å². The molecule has 1 saturated heterocycles. The van der Waals surface area contributed by atoms with E-state index in [1.807, 2.05) is 18.0 Å². The van der Waals surface area contributed by atoms with Gasteiger partial charge >= 0.3 is 6.61 Å². The molecule has 1 atom stereocenters. The minimum Gasteiger partial charge on any atom is -0.383 e. The van der Waals surface area contributed by atoms with E-state index in [2.05, 4.69) is 10.4 Å². The number of alkyl halides is 2. The number of fused-ring (bicyclic) bond motifs is 1. The number of carbonyl (C=O) groups is 1. The van der Waals surface area contributed by atoms with Crippen LogP contribution >= 0.6 is 0 Å². The molecule has 0 bridgehead atoms. The average molecular weight is 535 g/mol. The van der Waals surface area contributed by atoms with Crippen LogP contribution < -0.4 is 10.2 Å². The zero-order valence-corrected chi connectivity index (χ0v) is 21.5. The molecule has 38 heavy (non-hydrogen) atoms. The Morgan fingerprint density at radius 2 is 2.05 bits per heavy atom. The van der Waals surface area contributed by atoms with Crippen molar-refractivity contribution in [2.45, 2.75) is 45.3 Å². The first-order chi connectivity index (χ1) is 18.1. The van der Waals surface area contributed by atoms with Gasteiger partial charge in [-0.1, -0.05) is 0 Å². The van der Waals surface area contributed by atoms with Crippen LogP contribution in [0.4, 0.5) is 18.9 Å². The molecule has 3 N–H and O–H groups in total. The molecule has 12 heteroatoms. The summed E-state index contributed by atoms with van der Waals surface area (Å²) in [5.41, 5.74) is 4.83. The van der Waals surface area contributed by atoms with E-state index in [0.29, 0.717) is 44.1 Å². The predicted octanol–water partition coefficient (Wildman–Crippen LogP) is 3.04. The van der Waals surface area contributed by atoms with E-state index in [0.717, 1.165) is 54.0 Å². The summed E-state index contributed by atoms with van der Waals surface area (Å²) in [6, 6.07) is 3.66. The molecular weight excluding hydrogens is 501 g/mol. The van der Waals surface area contributed by atoms with Gasteiger partial charge in [0.15, 0.2) is 0 Å². The number of rotatable bonds is 4. The van der Waals surface area contributed by atoms with E-state index < -0.39 is 6.61 Å². The molecule has 1 amide bonds.